The molecule has 3 aromatic rings. The van der Waals surface area contributed by atoms with Gasteiger partial charge in [-0.15, -0.1) is 5.10 Å². The summed E-state index contributed by atoms with van der Waals surface area (Å²) in [6, 6.07) is 12.5. The van der Waals surface area contributed by atoms with Crippen LogP contribution in [0.4, 0.5) is 0 Å². The number of halogens is 4. The quantitative estimate of drug-likeness (QED) is 0.477. The minimum atomic E-state index is -0.900. The lowest BCUT2D eigenvalue weighted by atomic mass is 9.79. The van der Waals surface area contributed by atoms with E-state index in [1.54, 1.807) is 36.4 Å². The van der Waals surface area contributed by atoms with Crippen molar-refractivity contribution in [2.45, 2.75) is 5.92 Å². The van der Waals surface area contributed by atoms with Gasteiger partial charge in [-0.05, 0) is 23.8 Å². The minimum Gasteiger partial charge on any atom is -0.422 e. The molecule has 0 spiro atoms. The molecule has 5 nitrogen and oxygen atoms in total. The number of nitrogens with zero attached hydrogens (tertiary/aromatic N) is 2. The predicted octanol–water partition coefficient (Wildman–Crippen LogP) is 6.33. The zero-order valence-electron chi connectivity index (χ0n) is 13.9. The van der Waals surface area contributed by atoms with Crippen molar-refractivity contribution < 1.29 is 4.74 Å². The van der Waals surface area contributed by atoms with E-state index in [1.165, 1.54) is 0 Å². The first-order valence-electron chi connectivity index (χ1n) is 8.06. The molecule has 0 fully saturated rings. The molecule has 28 heavy (non-hydrogen) atoms. The zero-order chi connectivity index (χ0) is 20.0. The van der Waals surface area contributed by atoms with Crippen LogP contribution in [0.2, 0.25) is 20.1 Å². The zero-order valence-corrected chi connectivity index (χ0v) is 17.0. The van der Waals surface area contributed by atoms with Crippen LogP contribution in [0.25, 0.3) is 11.3 Å². The standard InChI is InChI=1S/C19H10Cl4N4O/c20-11-5-4-8(6-13(11)22)17-15-14(9-2-1-3-12(21)16(9)23)10(7-24)18(25)28-19(15)27-26-17/h1-6,10,14,25H,(H,26,27). The SMILES string of the molecule is N#CC1C(=N)Oc2n[nH]c(-c3ccc(Cl)c(Cl)c3)c2C1c1cccc(Cl)c1Cl. The number of ether oxygens (including phenoxy) is 1. The average molecular weight is 452 g/mol. The second kappa shape index (κ2) is 7.31. The molecule has 2 N–H and O–H groups in total. The van der Waals surface area contributed by atoms with Crippen LogP contribution in [-0.4, -0.2) is 16.1 Å². The first-order chi connectivity index (χ1) is 13.4. The summed E-state index contributed by atoms with van der Waals surface area (Å²) in [6.45, 7) is 0. The monoisotopic (exact) mass is 450 g/mol. The number of rotatable bonds is 2. The number of nitriles is 1. The smallest absolute Gasteiger partial charge is 0.244 e. The lowest BCUT2D eigenvalue weighted by Gasteiger charge is -2.29. The van der Waals surface area contributed by atoms with Crippen LogP contribution in [0.5, 0.6) is 5.88 Å². The molecule has 2 aromatic carbocycles. The number of hydrogen-bond acceptors (Lipinski definition) is 4. The molecular formula is C19H10Cl4N4O. The molecule has 0 radical (unpaired) electrons. The molecule has 4 rings (SSSR count). The largest absolute Gasteiger partial charge is 0.422 e. The highest BCUT2D eigenvalue weighted by Gasteiger charge is 2.41. The van der Waals surface area contributed by atoms with Crippen molar-refractivity contribution in [1.82, 2.24) is 10.2 Å². The summed E-state index contributed by atoms with van der Waals surface area (Å²) in [5, 5.41) is 26.5. The summed E-state index contributed by atoms with van der Waals surface area (Å²) in [7, 11) is 0. The van der Waals surface area contributed by atoms with Gasteiger partial charge in [-0.2, -0.15) is 5.26 Å². The molecule has 0 saturated heterocycles. The van der Waals surface area contributed by atoms with E-state index in [0.717, 1.165) is 0 Å². The van der Waals surface area contributed by atoms with Crippen LogP contribution in [0, 0.1) is 22.7 Å². The highest BCUT2D eigenvalue weighted by atomic mass is 35.5. The van der Waals surface area contributed by atoms with Crippen molar-refractivity contribution in [2.24, 2.45) is 5.92 Å². The van der Waals surface area contributed by atoms with Crippen molar-refractivity contribution in [1.29, 1.82) is 10.7 Å². The van der Waals surface area contributed by atoms with Crippen LogP contribution >= 0.6 is 46.4 Å². The minimum absolute atomic E-state index is 0.205. The Morgan fingerprint density at radius 1 is 1.07 bits per heavy atom. The van der Waals surface area contributed by atoms with Gasteiger partial charge < -0.3 is 4.74 Å². The van der Waals surface area contributed by atoms with Gasteiger partial charge in [0.15, 0.2) is 0 Å². The fourth-order valence-electron chi connectivity index (χ4n) is 3.29. The maximum atomic E-state index is 9.74. The van der Waals surface area contributed by atoms with E-state index in [9.17, 15) is 5.26 Å². The second-order valence-corrected chi connectivity index (χ2v) is 7.74. The summed E-state index contributed by atoms with van der Waals surface area (Å²) in [4.78, 5) is 0. The molecule has 2 heterocycles. The van der Waals surface area contributed by atoms with Crippen LogP contribution in [0.15, 0.2) is 36.4 Å². The van der Waals surface area contributed by atoms with Gasteiger partial charge in [0.1, 0.15) is 5.92 Å². The van der Waals surface area contributed by atoms with Crippen LogP contribution in [0.3, 0.4) is 0 Å². The van der Waals surface area contributed by atoms with Crippen molar-refractivity contribution in [2.75, 3.05) is 0 Å². The van der Waals surface area contributed by atoms with E-state index < -0.39 is 11.8 Å². The van der Waals surface area contributed by atoms with Gasteiger partial charge in [-0.25, -0.2) is 0 Å². The Hall–Kier alpha value is -2.23. The fourth-order valence-corrected chi connectivity index (χ4v) is 4.01. The normalized spacial score (nSPS) is 18.3. The summed E-state index contributed by atoms with van der Waals surface area (Å²) >= 11 is 24.9. The number of H-pyrrole nitrogens is 1. The Balaban J connectivity index is 1.98. The van der Waals surface area contributed by atoms with Crippen LogP contribution in [-0.2, 0) is 0 Å². The number of benzene rings is 2. The number of fused-ring (bicyclic) bond motifs is 1. The molecule has 2 atom stereocenters. The van der Waals surface area contributed by atoms with E-state index in [2.05, 4.69) is 16.3 Å². The van der Waals surface area contributed by atoms with Crippen molar-refractivity contribution >= 4 is 52.3 Å². The predicted molar refractivity (Wildman–Crippen MR) is 110 cm³/mol. The molecule has 2 unspecified atom stereocenters. The molecule has 0 saturated carbocycles. The molecule has 0 amide bonds. The number of hydrogen-bond donors (Lipinski definition) is 2. The summed E-state index contributed by atoms with van der Waals surface area (Å²) in [5.41, 5.74) is 2.52. The molecule has 0 aliphatic carbocycles. The topological polar surface area (TPSA) is 85.6 Å². The Morgan fingerprint density at radius 3 is 2.57 bits per heavy atom. The average Bonchev–Trinajstić information content (AvgIpc) is 3.08. The Bertz CT molecular complexity index is 1150. The molecule has 1 aliphatic heterocycles. The van der Waals surface area contributed by atoms with Crippen LogP contribution < -0.4 is 4.74 Å². The highest BCUT2D eigenvalue weighted by molar-refractivity contribution is 6.43. The number of aromatic nitrogens is 2. The van der Waals surface area contributed by atoms with Gasteiger partial charge in [-0.3, -0.25) is 10.5 Å². The van der Waals surface area contributed by atoms with Crippen molar-refractivity contribution in [3.63, 3.8) is 0 Å². The second-order valence-electron chi connectivity index (χ2n) is 6.14. The molecule has 9 heteroatoms. The molecular weight excluding hydrogens is 442 g/mol. The Labute approximate surface area is 180 Å². The first kappa shape index (κ1) is 19.1. The van der Waals surface area contributed by atoms with Gasteiger partial charge in [0.05, 0.1) is 37.4 Å². The van der Waals surface area contributed by atoms with Crippen molar-refractivity contribution in [3.05, 3.63) is 67.6 Å². The number of nitrogens with one attached hydrogen (secondary N) is 2. The van der Waals surface area contributed by atoms with E-state index in [4.69, 9.17) is 56.5 Å². The summed E-state index contributed by atoms with van der Waals surface area (Å²) in [5.74, 6) is -1.50. The lowest BCUT2D eigenvalue weighted by molar-refractivity contribution is 0.437. The van der Waals surface area contributed by atoms with E-state index in [-0.39, 0.29) is 11.8 Å². The Kier molecular flexibility index (Phi) is 4.98. The summed E-state index contributed by atoms with van der Waals surface area (Å²) in [6.07, 6.45) is 0. The molecule has 1 aromatic heterocycles. The third kappa shape index (κ3) is 3.03. The van der Waals surface area contributed by atoms with Gasteiger partial charge in [-0.1, -0.05) is 64.6 Å². The van der Waals surface area contributed by atoms with E-state index >= 15 is 0 Å². The van der Waals surface area contributed by atoms with Crippen LogP contribution in [0.1, 0.15) is 17.0 Å². The van der Waals surface area contributed by atoms with Gasteiger partial charge >= 0.3 is 0 Å². The van der Waals surface area contributed by atoms with Gasteiger partial charge in [0.25, 0.3) is 0 Å². The summed E-state index contributed by atoms with van der Waals surface area (Å²) < 4.78 is 5.50. The third-order valence-electron chi connectivity index (χ3n) is 4.57. The molecule has 0 bridgehead atoms. The highest BCUT2D eigenvalue weighted by Crippen LogP contribution is 2.48. The maximum Gasteiger partial charge on any atom is 0.244 e. The maximum absolute atomic E-state index is 9.74. The molecule has 140 valence electrons. The first-order valence-corrected chi connectivity index (χ1v) is 9.57. The van der Waals surface area contributed by atoms with Gasteiger partial charge in [0, 0.05) is 11.5 Å². The lowest BCUT2D eigenvalue weighted by Crippen LogP contribution is -2.31. The molecule has 1 aliphatic rings. The third-order valence-corrected chi connectivity index (χ3v) is 6.14. The Morgan fingerprint density at radius 2 is 1.86 bits per heavy atom. The number of aromatic amines is 1. The fraction of sp³-hybridized carbons (Fsp3) is 0.105. The van der Waals surface area contributed by atoms with E-state index in [0.29, 0.717) is 42.5 Å². The van der Waals surface area contributed by atoms with E-state index in [1.807, 2.05) is 0 Å². The van der Waals surface area contributed by atoms with Gasteiger partial charge in [0.2, 0.25) is 11.8 Å². The van der Waals surface area contributed by atoms with Crippen molar-refractivity contribution in [3.8, 4) is 23.2 Å².